The summed E-state index contributed by atoms with van der Waals surface area (Å²) in [6, 6.07) is -0.857. The summed E-state index contributed by atoms with van der Waals surface area (Å²) in [5.74, 6) is 0.514. The zero-order valence-corrected chi connectivity index (χ0v) is 11.7. The van der Waals surface area contributed by atoms with Crippen molar-refractivity contribution in [2.75, 3.05) is 0 Å². The van der Waals surface area contributed by atoms with E-state index in [0.29, 0.717) is 18.3 Å². The molecule has 2 saturated carbocycles. The number of aliphatic carboxylic acids is 1. The van der Waals surface area contributed by atoms with Gasteiger partial charge in [0.2, 0.25) is 0 Å². The molecule has 0 aromatic heterocycles. The summed E-state index contributed by atoms with van der Waals surface area (Å²) in [5, 5.41) is 14.7. The molecule has 2 amide bonds. The third-order valence-electron chi connectivity index (χ3n) is 3.87. The van der Waals surface area contributed by atoms with Crippen LogP contribution < -0.4 is 10.6 Å². The molecular weight excluding hydrogens is 244 g/mol. The Morgan fingerprint density at radius 2 is 1.63 bits per heavy atom. The van der Waals surface area contributed by atoms with Gasteiger partial charge in [-0.3, -0.25) is 0 Å². The fourth-order valence-corrected chi connectivity index (χ4v) is 2.58. The smallest absolute Gasteiger partial charge is 0.326 e. The normalized spacial score (nSPS) is 20.4. The maximum Gasteiger partial charge on any atom is 0.326 e. The van der Waals surface area contributed by atoms with E-state index in [0.717, 1.165) is 0 Å². The first kappa shape index (κ1) is 14.2. The van der Waals surface area contributed by atoms with Gasteiger partial charge in [0.25, 0.3) is 0 Å². The molecule has 1 atom stereocenters. The second-order valence-corrected chi connectivity index (χ2v) is 6.34. The molecule has 0 aromatic rings. The Morgan fingerprint density at radius 1 is 1.11 bits per heavy atom. The van der Waals surface area contributed by atoms with E-state index in [1.54, 1.807) is 0 Å². The van der Waals surface area contributed by atoms with Crippen LogP contribution in [0.3, 0.4) is 0 Å². The Hall–Kier alpha value is -1.26. The highest BCUT2D eigenvalue weighted by atomic mass is 16.4. The maximum atomic E-state index is 11.9. The number of amides is 2. The quantitative estimate of drug-likeness (QED) is 0.660. The van der Waals surface area contributed by atoms with E-state index >= 15 is 0 Å². The Labute approximate surface area is 114 Å². The molecule has 0 saturated heterocycles. The van der Waals surface area contributed by atoms with Crippen LogP contribution in [0.25, 0.3) is 0 Å². The molecule has 0 aromatic carbocycles. The third kappa shape index (κ3) is 4.40. The van der Waals surface area contributed by atoms with Gasteiger partial charge in [0.15, 0.2) is 0 Å². The predicted octanol–water partition coefficient (Wildman–Crippen LogP) is 1.97. The number of carboxylic acids is 1. The number of nitrogens with one attached hydrogen (secondary N) is 2. The van der Waals surface area contributed by atoms with Crippen molar-refractivity contribution in [1.29, 1.82) is 0 Å². The SMILES string of the molecule is CC(C)CC(NC(=O)NC(C1CC1)C1CC1)C(=O)O. The first-order chi connectivity index (χ1) is 8.97. The van der Waals surface area contributed by atoms with Crippen molar-refractivity contribution in [2.24, 2.45) is 17.8 Å². The van der Waals surface area contributed by atoms with Crippen LogP contribution in [0.4, 0.5) is 4.79 Å². The molecule has 0 heterocycles. The van der Waals surface area contributed by atoms with E-state index in [9.17, 15) is 9.59 Å². The van der Waals surface area contributed by atoms with Gasteiger partial charge in [0, 0.05) is 6.04 Å². The lowest BCUT2D eigenvalue weighted by Gasteiger charge is -2.21. The molecule has 1 unspecified atom stereocenters. The third-order valence-corrected chi connectivity index (χ3v) is 3.87. The van der Waals surface area contributed by atoms with Gasteiger partial charge in [-0.15, -0.1) is 0 Å². The van der Waals surface area contributed by atoms with Crippen molar-refractivity contribution < 1.29 is 14.7 Å². The molecule has 19 heavy (non-hydrogen) atoms. The van der Waals surface area contributed by atoms with Crippen LogP contribution in [0.1, 0.15) is 46.0 Å². The maximum absolute atomic E-state index is 11.9. The fraction of sp³-hybridized carbons (Fsp3) is 0.857. The van der Waals surface area contributed by atoms with Gasteiger partial charge in [-0.05, 0) is 49.9 Å². The molecule has 2 aliphatic carbocycles. The first-order valence-electron chi connectivity index (χ1n) is 7.27. The average molecular weight is 268 g/mol. The highest BCUT2D eigenvalue weighted by Gasteiger charge is 2.42. The van der Waals surface area contributed by atoms with Crippen LogP contribution >= 0.6 is 0 Å². The van der Waals surface area contributed by atoms with Gasteiger partial charge in [-0.2, -0.15) is 0 Å². The van der Waals surface area contributed by atoms with Gasteiger partial charge < -0.3 is 15.7 Å². The zero-order chi connectivity index (χ0) is 14.0. The number of carboxylic acid groups (broad SMARTS) is 1. The number of rotatable bonds is 7. The molecular formula is C14H24N2O3. The summed E-state index contributed by atoms with van der Waals surface area (Å²) in [5.41, 5.74) is 0. The van der Waals surface area contributed by atoms with Gasteiger partial charge >= 0.3 is 12.0 Å². The monoisotopic (exact) mass is 268 g/mol. The molecule has 5 nitrogen and oxygen atoms in total. The largest absolute Gasteiger partial charge is 0.480 e. The average Bonchev–Trinajstić information content (AvgIpc) is 3.14. The molecule has 0 spiro atoms. The lowest BCUT2D eigenvalue weighted by atomic mass is 10.0. The van der Waals surface area contributed by atoms with Crippen molar-refractivity contribution in [2.45, 2.75) is 58.0 Å². The summed E-state index contributed by atoms with van der Waals surface area (Å²) in [6.07, 6.45) is 5.22. The van der Waals surface area contributed by atoms with E-state index < -0.39 is 12.0 Å². The summed E-state index contributed by atoms with van der Waals surface area (Å²) >= 11 is 0. The van der Waals surface area contributed by atoms with Crippen LogP contribution in [-0.4, -0.2) is 29.2 Å². The van der Waals surface area contributed by atoms with Crippen LogP contribution in [0, 0.1) is 17.8 Å². The minimum absolute atomic E-state index is 0.240. The minimum atomic E-state index is -0.960. The highest BCUT2D eigenvalue weighted by molar-refractivity contribution is 5.82. The molecule has 2 aliphatic rings. The van der Waals surface area contributed by atoms with Crippen molar-refractivity contribution in [1.82, 2.24) is 10.6 Å². The van der Waals surface area contributed by atoms with E-state index in [4.69, 9.17) is 5.11 Å². The summed E-state index contributed by atoms with van der Waals surface area (Å²) in [6.45, 7) is 3.90. The standard InChI is InChI=1S/C14H24N2O3/c1-8(2)7-11(13(17)18)15-14(19)16-12(9-3-4-9)10-5-6-10/h8-12H,3-7H2,1-2H3,(H,17,18)(H2,15,16,19). The van der Waals surface area contributed by atoms with Gasteiger partial charge in [0.05, 0.1) is 0 Å². The van der Waals surface area contributed by atoms with E-state index in [1.165, 1.54) is 25.7 Å². The molecule has 3 N–H and O–H groups in total. The van der Waals surface area contributed by atoms with Gasteiger partial charge in [0.1, 0.15) is 6.04 Å². The predicted molar refractivity (Wildman–Crippen MR) is 71.8 cm³/mol. The topological polar surface area (TPSA) is 78.4 Å². The number of carbonyl (C=O) groups is 2. The molecule has 0 radical (unpaired) electrons. The highest BCUT2D eigenvalue weighted by Crippen LogP contribution is 2.44. The van der Waals surface area contributed by atoms with Crippen molar-refractivity contribution in [3.63, 3.8) is 0 Å². The van der Waals surface area contributed by atoms with Crippen LogP contribution in [0.2, 0.25) is 0 Å². The van der Waals surface area contributed by atoms with Crippen molar-refractivity contribution >= 4 is 12.0 Å². The van der Waals surface area contributed by atoms with Gasteiger partial charge in [-0.1, -0.05) is 13.8 Å². The molecule has 2 rings (SSSR count). The van der Waals surface area contributed by atoms with E-state index in [-0.39, 0.29) is 18.0 Å². The Balaban J connectivity index is 1.82. The Bertz CT molecular complexity index is 337. The molecule has 2 fully saturated rings. The van der Waals surface area contributed by atoms with Crippen LogP contribution in [0.5, 0.6) is 0 Å². The summed E-state index contributed by atoms with van der Waals surface area (Å²) in [7, 11) is 0. The molecule has 0 bridgehead atoms. The number of carbonyl (C=O) groups excluding carboxylic acids is 1. The minimum Gasteiger partial charge on any atom is -0.480 e. The molecule has 108 valence electrons. The van der Waals surface area contributed by atoms with Crippen LogP contribution in [-0.2, 0) is 4.79 Å². The number of urea groups is 1. The zero-order valence-electron chi connectivity index (χ0n) is 11.7. The van der Waals surface area contributed by atoms with E-state index in [2.05, 4.69) is 10.6 Å². The summed E-state index contributed by atoms with van der Waals surface area (Å²) < 4.78 is 0. The Kier molecular flexibility index (Phi) is 4.32. The fourth-order valence-electron chi connectivity index (χ4n) is 2.58. The van der Waals surface area contributed by atoms with E-state index in [1.807, 2.05) is 13.8 Å². The molecule has 0 aliphatic heterocycles. The van der Waals surface area contributed by atoms with Crippen LogP contribution in [0.15, 0.2) is 0 Å². The molecule has 5 heteroatoms. The first-order valence-corrected chi connectivity index (χ1v) is 7.27. The number of hydrogen-bond acceptors (Lipinski definition) is 2. The van der Waals surface area contributed by atoms with Crippen molar-refractivity contribution in [3.8, 4) is 0 Å². The second-order valence-electron chi connectivity index (χ2n) is 6.34. The Morgan fingerprint density at radius 3 is 2.00 bits per heavy atom. The number of hydrogen-bond donors (Lipinski definition) is 3. The van der Waals surface area contributed by atoms with Crippen molar-refractivity contribution in [3.05, 3.63) is 0 Å². The second kappa shape index (κ2) is 5.80. The summed E-state index contributed by atoms with van der Waals surface area (Å²) in [4.78, 5) is 23.0. The van der Waals surface area contributed by atoms with Gasteiger partial charge in [-0.25, -0.2) is 9.59 Å². The lowest BCUT2D eigenvalue weighted by Crippen LogP contribution is -2.50. The lowest BCUT2D eigenvalue weighted by molar-refractivity contribution is -0.139.